The van der Waals surface area contributed by atoms with Gasteiger partial charge >= 0.3 is 0 Å². The topological polar surface area (TPSA) is 138 Å². The summed E-state index contributed by atoms with van der Waals surface area (Å²) in [6.45, 7) is 11.6. The smallest absolute Gasteiger partial charge is 0.229 e. The lowest BCUT2D eigenvalue weighted by Gasteiger charge is -2.39. The van der Waals surface area contributed by atoms with Crippen LogP contribution >= 0.6 is 23.1 Å². The molecule has 16 heteroatoms. The summed E-state index contributed by atoms with van der Waals surface area (Å²) in [6, 6.07) is 8.41. The minimum Gasteiger partial charge on any atom is -0.494 e. The minimum atomic E-state index is -3.12. The Kier molecular flexibility index (Phi) is 10.2. The predicted molar refractivity (Wildman–Crippen MR) is 205 cm³/mol. The maximum Gasteiger partial charge on any atom is 0.229 e. The first-order valence-electron chi connectivity index (χ1n) is 17.5. The van der Waals surface area contributed by atoms with E-state index in [-0.39, 0.29) is 0 Å². The molecule has 4 aliphatic rings. The summed E-state index contributed by atoms with van der Waals surface area (Å²) in [5, 5.41) is 7.32. The SMILES string of the molecule is CCc1cc(Nc2ncc(Br)c(Nc3ccc4c(c3P(C)(C)=O)OCCO4)n2)c(OC)cc1N1CCC(N2C[C@@H]3CN(S(C)(=O)=O)C[C@@H]3C2)CC1. The van der Waals surface area contributed by atoms with E-state index in [0.717, 1.165) is 51.1 Å². The molecule has 0 bridgehead atoms. The Bertz CT molecular complexity index is 1940. The van der Waals surface area contributed by atoms with Crippen LogP contribution in [0.4, 0.5) is 28.8 Å². The van der Waals surface area contributed by atoms with Gasteiger partial charge in [0.25, 0.3) is 0 Å². The van der Waals surface area contributed by atoms with Crippen LogP contribution < -0.4 is 35.0 Å². The third kappa shape index (κ3) is 7.55. The molecule has 7 rings (SSSR count). The molecule has 276 valence electrons. The van der Waals surface area contributed by atoms with Crippen LogP contribution in [0.2, 0.25) is 0 Å². The number of halogens is 1. The van der Waals surface area contributed by atoms with E-state index in [1.165, 1.54) is 17.5 Å². The van der Waals surface area contributed by atoms with Crippen LogP contribution in [-0.2, 0) is 21.0 Å². The minimum absolute atomic E-state index is 0.375. The van der Waals surface area contributed by atoms with Gasteiger partial charge in [-0.1, -0.05) is 6.92 Å². The number of nitrogens with zero attached hydrogens (tertiary/aromatic N) is 5. The van der Waals surface area contributed by atoms with E-state index in [2.05, 4.69) is 60.4 Å². The van der Waals surface area contributed by atoms with E-state index in [4.69, 9.17) is 19.2 Å². The van der Waals surface area contributed by atoms with E-state index in [9.17, 15) is 13.0 Å². The molecule has 0 saturated carbocycles. The summed E-state index contributed by atoms with van der Waals surface area (Å²) >= 11 is 3.58. The van der Waals surface area contributed by atoms with Gasteiger partial charge in [-0.2, -0.15) is 4.98 Å². The van der Waals surface area contributed by atoms with Crippen LogP contribution in [-0.4, -0.2) is 113 Å². The number of aromatic nitrogens is 2. The zero-order valence-corrected chi connectivity index (χ0v) is 33.1. The van der Waals surface area contributed by atoms with Crippen molar-refractivity contribution < 1.29 is 27.2 Å². The first-order valence-corrected chi connectivity index (χ1v) is 22.8. The number of hydrogen-bond donors (Lipinski definition) is 2. The number of fused-ring (bicyclic) bond motifs is 2. The first kappa shape index (κ1) is 36.3. The van der Waals surface area contributed by atoms with E-state index in [0.29, 0.717) is 88.7 Å². The molecule has 3 fully saturated rings. The molecule has 0 aliphatic carbocycles. The lowest BCUT2D eigenvalue weighted by molar-refractivity contribution is 0.173. The molecule has 5 heterocycles. The second-order valence-corrected chi connectivity index (χ2v) is 20.3. The van der Waals surface area contributed by atoms with Crippen molar-refractivity contribution in [3.05, 3.63) is 40.5 Å². The molecule has 0 amide bonds. The quantitative estimate of drug-likeness (QED) is 0.264. The summed E-state index contributed by atoms with van der Waals surface area (Å²) in [4.78, 5) is 14.4. The number of ether oxygens (including phenoxy) is 3. The Labute approximate surface area is 309 Å². The normalized spacial score (nSPS) is 21.5. The fourth-order valence-corrected chi connectivity index (χ4v) is 10.6. The average Bonchev–Trinajstić information content (AvgIpc) is 3.70. The first-order chi connectivity index (χ1) is 24.3. The van der Waals surface area contributed by atoms with Crippen molar-refractivity contribution in [3.8, 4) is 17.2 Å². The Balaban J connectivity index is 1.05. The average molecular weight is 805 g/mol. The molecule has 0 unspecified atom stereocenters. The molecule has 0 spiro atoms. The van der Waals surface area contributed by atoms with Gasteiger partial charge in [-0.3, -0.25) is 4.90 Å². The summed E-state index contributed by atoms with van der Waals surface area (Å²) < 4.78 is 57.4. The molecular formula is C35H47BrN7O6PS. The van der Waals surface area contributed by atoms with E-state index < -0.39 is 17.2 Å². The summed E-state index contributed by atoms with van der Waals surface area (Å²) in [5.41, 5.74) is 3.77. The maximum atomic E-state index is 13.4. The highest BCUT2D eigenvalue weighted by molar-refractivity contribution is 9.10. The van der Waals surface area contributed by atoms with Crippen molar-refractivity contribution in [2.45, 2.75) is 32.2 Å². The molecule has 4 aliphatic heterocycles. The van der Waals surface area contributed by atoms with E-state index >= 15 is 0 Å². The third-order valence-corrected chi connectivity index (χ3v) is 13.9. The standard InChI is InChI=1S/C35H47BrN7O6PS/c1-6-22-15-28(39-35-37-17-26(36)34(40-35)38-27-7-8-30-32(49-14-13-48-30)33(27)50(3,4)44)31(47-2)16-29(22)41-11-9-25(10-12-41)42-18-23-20-43(51(5,45)46)21-24(23)19-42/h7-8,15-17,23-25H,6,9-14,18-21H2,1-5H3,(H2,37,38,39,40)/t23-,24+. The van der Waals surface area contributed by atoms with Gasteiger partial charge in [0, 0.05) is 63.3 Å². The Hall–Kier alpha value is -3.10. The largest absolute Gasteiger partial charge is 0.494 e. The maximum absolute atomic E-state index is 13.4. The molecule has 51 heavy (non-hydrogen) atoms. The van der Waals surface area contributed by atoms with Crippen LogP contribution in [0.15, 0.2) is 34.9 Å². The summed E-state index contributed by atoms with van der Waals surface area (Å²) in [5.74, 6) is 3.54. The highest BCUT2D eigenvalue weighted by atomic mass is 79.9. The number of benzene rings is 2. The lowest BCUT2D eigenvalue weighted by atomic mass is 10.00. The molecule has 1 aromatic heterocycles. The number of methoxy groups -OCH3 is 1. The number of anilines is 5. The molecule has 3 aromatic rings. The molecular weight excluding hydrogens is 757 g/mol. The van der Waals surface area contributed by atoms with E-state index in [1.54, 1.807) is 30.9 Å². The summed E-state index contributed by atoms with van der Waals surface area (Å²) in [6.07, 6.45) is 5.98. The zero-order chi connectivity index (χ0) is 36.1. The van der Waals surface area contributed by atoms with Crippen molar-refractivity contribution in [1.82, 2.24) is 19.2 Å². The van der Waals surface area contributed by atoms with Gasteiger partial charge in [-0.15, -0.1) is 0 Å². The van der Waals surface area contributed by atoms with Crippen molar-refractivity contribution in [2.75, 3.05) is 94.7 Å². The molecule has 2 atom stereocenters. The zero-order valence-electron chi connectivity index (χ0n) is 29.8. The van der Waals surface area contributed by atoms with Crippen LogP contribution in [0.1, 0.15) is 25.3 Å². The summed E-state index contributed by atoms with van der Waals surface area (Å²) in [7, 11) is -4.22. The van der Waals surface area contributed by atoms with Crippen molar-refractivity contribution in [3.63, 3.8) is 0 Å². The second-order valence-electron chi connectivity index (χ2n) is 14.3. The van der Waals surface area contributed by atoms with Crippen molar-refractivity contribution >= 4 is 67.2 Å². The molecule has 13 nitrogen and oxygen atoms in total. The fourth-order valence-electron chi connectivity index (χ4n) is 7.98. The number of hydrogen-bond acceptors (Lipinski definition) is 12. The molecule has 2 aromatic carbocycles. The van der Waals surface area contributed by atoms with Gasteiger partial charge in [-0.05, 0) is 84.1 Å². The molecule has 3 saturated heterocycles. The number of piperidine rings is 1. The number of likely N-dealkylation sites (tertiary alicyclic amines) is 1. The van der Waals surface area contributed by atoms with Gasteiger partial charge < -0.3 is 34.3 Å². The van der Waals surface area contributed by atoms with Gasteiger partial charge in [0.05, 0.1) is 34.5 Å². The van der Waals surface area contributed by atoms with Gasteiger partial charge in [0.2, 0.25) is 16.0 Å². The van der Waals surface area contributed by atoms with Crippen LogP contribution in [0, 0.1) is 11.8 Å². The van der Waals surface area contributed by atoms with E-state index in [1.807, 2.05) is 12.1 Å². The lowest BCUT2D eigenvalue weighted by Crippen LogP contribution is -2.45. The second kappa shape index (κ2) is 14.4. The van der Waals surface area contributed by atoms with Crippen LogP contribution in [0.5, 0.6) is 17.2 Å². The highest BCUT2D eigenvalue weighted by Crippen LogP contribution is 2.47. The Morgan fingerprint density at radius 2 is 1.73 bits per heavy atom. The van der Waals surface area contributed by atoms with Crippen molar-refractivity contribution in [1.29, 1.82) is 0 Å². The Morgan fingerprint density at radius 1 is 1.02 bits per heavy atom. The number of rotatable bonds is 10. The van der Waals surface area contributed by atoms with Gasteiger partial charge in [0.1, 0.15) is 31.9 Å². The van der Waals surface area contributed by atoms with Crippen LogP contribution in [0.3, 0.4) is 0 Å². The van der Waals surface area contributed by atoms with Crippen molar-refractivity contribution in [2.24, 2.45) is 11.8 Å². The van der Waals surface area contributed by atoms with Crippen LogP contribution in [0.25, 0.3) is 0 Å². The number of nitrogens with one attached hydrogen (secondary N) is 2. The monoisotopic (exact) mass is 803 g/mol. The van der Waals surface area contributed by atoms with Gasteiger partial charge in [-0.25, -0.2) is 17.7 Å². The number of aryl methyl sites for hydroxylation is 1. The predicted octanol–water partition coefficient (Wildman–Crippen LogP) is 5.11. The third-order valence-electron chi connectivity index (χ3n) is 10.5. The number of sulfonamides is 1. The Morgan fingerprint density at radius 3 is 2.37 bits per heavy atom. The molecule has 0 radical (unpaired) electrons. The highest BCUT2D eigenvalue weighted by Gasteiger charge is 2.44. The molecule has 2 N–H and O–H groups in total. The fraction of sp³-hybridized carbons (Fsp3) is 0.543. The van der Waals surface area contributed by atoms with Gasteiger partial charge in [0.15, 0.2) is 11.5 Å².